The van der Waals surface area contributed by atoms with Crippen molar-refractivity contribution in [3.05, 3.63) is 81.9 Å². The molecule has 28 heavy (non-hydrogen) atoms. The van der Waals surface area contributed by atoms with Gasteiger partial charge >= 0.3 is 6.18 Å². The van der Waals surface area contributed by atoms with Crippen molar-refractivity contribution in [2.45, 2.75) is 32.9 Å². The van der Waals surface area contributed by atoms with E-state index in [0.29, 0.717) is 24.5 Å². The maximum absolute atomic E-state index is 12.7. The molecule has 8 heteroatoms. The van der Waals surface area contributed by atoms with Gasteiger partial charge < -0.3 is 0 Å². The lowest BCUT2D eigenvalue weighted by molar-refractivity contribution is -0.137. The maximum atomic E-state index is 12.7. The lowest BCUT2D eigenvalue weighted by Gasteiger charge is -2.17. The van der Waals surface area contributed by atoms with Gasteiger partial charge in [0.1, 0.15) is 5.82 Å². The highest BCUT2D eigenvalue weighted by Crippen LogP contribution is 2.29. The van der Waals surface area contributed by atoms with E-state index in [1.54, 1.807) is 4.68 Å². The molecule has 148 valence electrons. The number of benzene rings is 2. The third-order valence-electron chi connectivity index (χ3n) is 4.40. The summed E-state index contributed by atoms with van der Waals surface area (Å²) in [5.41, 5.74) is 1.29. The van der Waals surface area contributed by atoms with Crippen LogP contribution in [0.25, 0.3) is 0 Å². The molecule has 0 aliphatic heterocycles. The summed E-state index contributed by atoms with van der Waals surface area (Å²) in [6, 6.07) is 15.2. The van der Waals surface area contributed by atoms with E-state index in [0.717, 1.165) is 29.1 Å². The van der Waals surface area contributed by atoms with E-state index in [9.17, 15) is 13.2 Å². The predicted molar refractivity (Wildman–Crippen MR) is 104 cm³/mol. The van der Waals surface area contributed by atoms with Gasteiger partial charge in [0.05, 0.1) is 18.8 Å². The average molecular weight is 406 g/mol. The highest BCUT2D eigenvalue weighted by molar-refractivity contribution is 7.71. The van der Waals surface area contributed by atoms with E-state index in [-0.39, 0.29) is 0 Å². The van der Waals surface area contributed by atoms with Crippen LogP contribution in [0.3, 0.4) is 0 Å². The van der Waals surface area contributed by atoms with E-state index in [4.69, 9.17) is 12.2 Å². The molecule has 0 bridgehead atoms. The van der Waals surface area contributed by atoms with Crippen molar-refractivity contribution in [3.8, 4) is 0 Å². The minimum atomic E-state index is -4.32. The second-order valence-electron chi connectivity index (χ2n) is 6.75. The van der Waals surface area contributed by atoms with Crippen LogP contribution < -0.4 is 0 Å². The smallest absolute Gasteiger partial charge is 0.300 e. The highest BCUT2D eigenvalue weighted by atomic mass is 32.1. The van der Waals surface area contributed by atoms with Crippen molar-refractivity contribution in [1.29, 1.82) is 0 Å². The van der Waals surface area contributed by atoms with Gasteiger partial charge in [-0.2, -0.15) is 18.3 Å². The van der Waals surface area contributed by atoms with Crippen molar-refractivity contribution >= 4 is 12.2 Å². The van der Waals surface area contributed by atoms with E-state index in [2.05, 4.69) is 5.10 Å². The summed E-state index contributed by atoms with van der Waals surface area (Å²) < 4.78 is 42.3. The molecule has 0 aliphatic carbocycles. The van der Waals surface area contributed by atoms with Crippen LogP contribution in [0, 0.1) is 11.7 Å². The first-order valence-electron chi connectivity index (χ1n) is 8.77. The van der Waals surface area contributed by atoms with Crippen molar-refractivity contribution in [2.75, 3.05) is 7.05 Å². The topological polar surface area (TPSA) is 26.0 Å². The Morgan fingerprint density at radius 1 is 1.00 bits per heavy atom. The van der Waals surface area contributed by atoms with E-state index < -0.39 is 11.7 Å². The van der Waals surface area contributed by atoms with E-state index in [1.165, 1.54) is 12.1 Å². The molecule has 0 fully saturated rings. The summed E-state index contributed by atoms with van der Waals surface area (Å²) in [4.78, 5) is 1.96. The van der Waals surface area contributed by atoms with Gasteiger partial charge in [0, 0.05) is 6.54 Å². The zero-order chi connectivity index (χ0) is 20.3. The third-order valence-corrected chi connectivity index (χ3v) is 4.83. The van der Waals surface area contributed by atoms with E-state index >= 15 is 0 Å². The lowest BCUT2D eigenvalue weighted by atomic mass is 10.1. The Morgan fingerprint density at radius 3 is 2.25 bits per heavy atom. The minimum absolute atomic E-state index is 0.447. The molecule has 4 nitrogen and oxygen atoms in total. The second kappa shape index (κ2) is 8.28. The molecule has 3 aromatic rings. The van der Waals surface area contributed by atoms with Crippen molar-refractivity contribution in [2.24, 2.45) is 0 Å². The summed E-state index contributed by atoms with van der Waals surface area (Å²) in [5, 5.41) is 4.52. The first-order chi connectivity index (χ1) is 13.2. The Bertz CT molecular complexity index is 975. The van der Waals surface area contributed by atoms with Crippen molar-refractivity contribution in [1.82, 2.24) is 19.2 Å². The first-order valence-corrected chi connectivity index (χ1v) is 9.18. The number of rotatable bonds is 6. The van der Waals surface area contributed by atoms with Gasteiger partial charge in [-0.25, -0.2) is 4.68 Å². The number of aromatic nitrogens is 3. The van der Waals surface area contributed by atoms with Gasteiger partial charge in [0.25, 0.3) is 0 Å². The molecular formula is C20H21F3N4S. The van der Waals surface area contributed by atoms with Gasteiger partial charge in [0.15, 0.2) is 4.77 Å². The second-order valence-corrected chi connectivity index (χ2v) is 7.12. The summed E-state index contributed by atoms with van der Waals surface area (Å²) in [6.45, 7) is 3.49. The normalized spacial score (nSPS) is 11.9. The molecule has 0 radical (unpaired) electrons. The lowest BCUT2D eigenvalue weighted by Crippen LogP contribution is -2.22. The Kier molecular flexibility index (Phi) is 6.00. The monoisotopic (exact) mass is 406 g/mol. The molecular weight excluding hydrogens is 385 g/mol. The summed E-state index contributed by atoms with van der Waals surface area (Å²) in [5.74, 6) is 0.816. The van der Waals surface area contributed by atoms with Gasteiger partial charge in [0.2, 0.25) is 0 Å². The Balaban J connectivity index is 1.68. The molecule has 3 rings (SSSR count). The van der Waals surface area contributed by atoms with Crippen LogP contribution in [-0.4, -0.2) is 26.3 Å². The average Bonchev–Trinajstić information content (AvgIpc) is 2.89. The maximum Gasteiger partial charge on any atom is 0.416 e. The van der Waals surface area contributed by atoms with E-state index in [1.807, 2.05) is 53.8 Å². The largest absolute Gasteiger partial charge is 0.416 e. The Hall–Kier alpha value is -2.45. The van der Waals surface area contributed by atoms with Gasteiger partial charge in [-0.05, 0) is 49.4 Å². The molecule has 1 heterocycles. The zero-order valence-corrected chi connectivity index (χ0v) is 16.5. The van der Waals surface area contributed by atoms with Crippen LogP contribution in [0.15, 0.2) is 54.6 Å². The third kappa shape index (κ3) is 4.88. The molecule has 0 aliphatic rings. The van der Waals surface area contributed by atoms with Crippen molar-refractivity contribution < 1.29 is 13.2 Å². The number of hydrogen-bond acceptors (Lipinski definition) is 3. The standard InChI is InChI=1S/C20H21F3N4S/c1-15-24-27(19(28)26(15)13-16-6-4-3-5-7-16)14-25(2)12-17-8-10-18(11-9-17)20(21,22)23/h3-11H,12-14H2,1-2H3. The first kappa shape index (κ1) is 20.3. The Morgan fingerprint density at radius 2 is 1.64 bits per heavy atom. The van der Waals surface area contributed by atoms with Crippen LogP contribution in [0.4, 0.5) is 13.2 Å². The molecule has 0 saturated heterocycles. The molecule has 0 amide bonds. The highest BCUT2D eigenvalue weighted by Gasteiger charge is 2.29. The predicted octanol–water partition coefficient (Wildman–Crippen LogP) is 4.88. The number of nitrogens with zero attached hydrogens (tertiary/aromatic N) is 4. The van der Waals surface area contributed by atoms with Crippen LogP contribution in [0.5, 0.6) is 0 Å². The quantitative estimate of drug-likeness (QED) is 0.546. The number of aryl methyl sites for hydroxylation is 1. The van der Waals surface area contributed by atoms with Crippen LogP contribution in [-0.2, 0) is 25.9 Å². The number of alkyl halides is 3. The van der Waals surface area contributed by atoms with Gasteiger partial charge in [-0.1, -0.05) is 42.5 Å². The molecule has 2 aromatic carbocycles. The zero-order valence-electron chi connectivity index (χ0n) is 15.6. The SMILES string of the molecule is Cc1nn(CN(C)Cc2ccc(C(F)(F)F)cc2)c(=S)n1Cc1ccccc1. The fourth-order valence-electron chi connectivity index (χ4n) is 2.98. The molecule has 1 aromatic heterocycles. The summed E-state index contributed by atoms with van der Waals surface area (Å²) in [7, 11) is 1.88. The number of halogens is 3. The number of hydrogen-bond donors (Lipinski definition) is 0. The van der Waals surface area contributed by atoms with Gasteiger partial charge in [-0.3, -0.25) is 9.47 Å². The van der Waals surface area contributed by atoms with Crippen LogP contribution >= 0.6 is 12.2 Å². The summed E-state index contributed by atoms with van der Waals surface area (Å²) in [6.07, 6.45) is -4.32. The summed E-state index contributed by atoms with van der Waals surface area (Å²) >= 11 is 5.56. The molecule has 0 unspecified atom stereocenters. The van der Waals surface area contributed by atoms with Gasteiger partial charge in [-0.15, -0.1) is 0 Å². The molecule has 0 saturated carbocycles. The molecule has 0 spiro atoms. The molecule has 0 N–H and O–H groups in total. The minimum Gasteiger partial charge on any atom is -0.300 e. The fraction of sp³-hybridized carbons (Fsp3) is 0.300. The fourth-order valence-corrected chi connectivity index (χ4v) is 3.27. The Labute approximate surface area is 166 Å². The molecule has 0 atom stereocenters. The van der Waals surface area contributed by atoms with Crippen LogP contribution in [0.1, 0.15) is 22.5 Å². The van der Waals surface area contributed by atoms with Crippen LogP contribution in [0.2, 0.25) is 0 Å². The van der Waals surface area contributed by atoms with Crippen molar-refractivity contribution in [3.63, 3.8) is 0 Å².